The van der Waals surface area contributed by atoms with Gasteiger partial charge in [0, 0.05) is 0 Å². The lowest BCUT2D eigenvalue weighted by atomic mass is 10.2. The molecule has 0 spiro atoms. The van der Waals surface area contributed by atoms with Crippen molar-refractivity contribution in [1.82, 2.24) is 19.9 Å². The van der Waals surface area contributed by atoms with Gasteiger partial charge in [0.25, 0.3) is 0 Å². The number of rotatable bonds is 3. The maximum atomic E-state index is 4.58. The topological polar surface area (TPSA) is 76.3 Å². The first-order valence-electron chi connectivity index (χ1n) is 8.24. The van der Waals surface area contributed by atoms with E-state index in [0.29, 0.717) is 22.8 Å². The molecule has 26 heavy (non-hydrogen) atoms. The number of aromatic nitrogens is 4. The van der Waals surface area contributed by atoms with Crippen LogP contribution in [0.25, 0.3) is 22.1 Å². The Bertz CT molecular complexity index is 1070. The van der Waals surface area contributed by atoms with Crippen molar-refractivity contribution in [2.24, 2.45) is 10.2 Å². The van der Waals surface area contributed by atoms with Crippen LogP contribution in [0, 0.1) is 0 Å². The third-order valence-corrected chi connectivity index (χ3v) is 3.99. The maximum absolute atomic E-state index is 4.58. The Hall–Kier alpha value is -3.54. The number of nitrogens with zero attached hydrogens (tertiary/aromatic N) is 6. The Labute approximate surface area is 150 Å². The summed E-state index contributed by atoms with van der Waals surface area (Å²) in [7, 11) is 0. The highest BCUT2D eigenvalue weighted by Gasteiger charge is 2.05. The predicted molar refractivity (Wildman–Crippen MR) is 103 cm³/mol. The van der Waals surface area contributed by atoms with E-state index < -0.39 is 0 Å². The summed E-state index contributed by atoms with van der Waals surface area (Å²) in [6.07, 6.45) is 3.42. The summed E-state index contributed by atoms with van der Waals surface area (Å²) >= 11 is 0. The quantitative estimate of drug-likeness (QED) is 0.420. The first-order chi connectivity index (χ1) is 12.7. The minimum Gasteiger partial charge on any atom is -0.252 e. The molecular formula is C20H16N6. The molecule has 0 atom stereocenters. The van der Waals surface area contributed by atoms with E-state index in [9.17, 15) is 0 Å². The van der Waals surface area contributed by atoms with Crippen molar-refractivity contribution < 1.29 is 0 Å². The second kappa shape index (κ2) is 6.76. The Morgan fingerprint density at radius 3 is 1.42 bits per heavy atom. The van der Waals surface area contributed by atoms with E-state index in [1.807, 2.05) is 62.4 Å². The Morgan fingerprint density at radius 1 is 0.615 bits per heavy atom. The van der Waals surface area contributed by atoms with Crippen LogP contribution < -0.4 is 0 Å². The summed E-state index contributed by atoms with van der Waals surface area (Å²) in [5, 5.41) is 8.58. The van der Waals surface area contributed by atoms with Gasteiger partial charge in [0.2, 0.25) is 0 Å². The summed E-state index contributed by atoms with van der Waals surface area (Å²) < 4.78 is 0. The summed E-state index contributed by atoms with van der Waals surface area (Å²) in [6.45, 7) is 3.73. The molecule has 126 valence electrons. The highest BCUT2D eigenvalue weighted by atomic mass is 15.2. The smallest absolute Gasteiger partial charge is 0.105 e. The lowest BCUT2D eigenvalue weighted by Crippen LogP contribution is -2.02. The molecule has 2 aromatic carbocycles. The zero-order valence-corrected chi connectivity index (χ0v) is 14.5. The molecule has 0 aliphatic rings. The summed E-state index contributed by atoms with van der Waals surface area (Å²) in [6, 6.07) is 15.5. The fourth-order valence-electron chi connectivity index (χ4n) is 2.52. The molecule has 0 aliphatic heterocycles. The van der Waals surface area contributed by atoms with E-state index in [1.54, 1.807) is 12.4 Å². The maximum Gasteiger partial charge on any atom is 0.105 e. The minimum atomic E-state index is 0.691. The number of para-hydroxylation sites is 4. The van der Waals surface area contributed by atoms with Gasteiger partial charge in [0.1, 0.15) is 11.4 Å². The summed E-state index contributed by atoms with van der Waals surface area (Å²) in [5.41, 5.74) is 6.16. The van der Waals surface area contributed by atoms with Gasteiger partial charge in [-0.25, -0.2) is 9.97 Å². The SMILES string of the molecule is C/C(=N\N=C(/C)c1cnc2ccccc2n1)c1cnc2ccccc2n1. The van der Waals surface area contributed by atoms with Crippen molar-refractivity contribution in [3.05, 3.63) is 72.3 Å². The Balaban J connectivity index is 1.64. The van der Waals surface area contributed by atoms with Crippen LogP contribution in [-0.4, -0.2) is 31.4 Å². The lowest BCUT2D eigenvalue weighted by Gasteiger charge is -2.02. The molecule has 0 bridgehead atoms. The van der Waals surface area contributed by atoms with Crippen LogP contribution in [0.4, 0.5) is 0 Å². The van der Waals surface area contributed by atoms with Crippen molar-refractivity contribution in [1.29, 1.82) is 0 Å². The van der Waals surface area contributed by atoms with E-state index in [4.69, 9.17) is 0 Å². The highest BCUT2D eigenvalue weighted by Crippen LogP contribution is 2.11. The Morgan fingerprint density at radius 2 is 1.00 bits per heavy atom. The van der Waals surface area contributed by atoms with E-state index in [0.717, 1.165) is 22.1 Å². The van der Waals surface area contributed by atoms with Crippen LogP contribution in [0.1, 0.15) is 25.2 Å². The average molecular weight is 340 g/mol. The second-order valence-electron chi connectivity index (χ2n) is 5.86. The molecule has 0 unspecified atom stereocenters. The van der Waals surface area contributed by atoms with Crippen LogP contribution in [0.15, 0.2) is 71.1 Å². The van der Waals surface area contributed by atoms with Crippen molar-refractivity contribution in [2.75, 3.05) is 0 Å². The predicted octanol–water partition coefficient (Wildman–Crippen LogP) is 3.81. The largest absolute Gasteiger partial charge is 0.252 e. The molecule has 0 fully saturated rings. The molecule has 2 heterocycles. The first kappa shape index (κ1) is 16.0. The molecule has 2 aromatic heterocycles. The molecule has 4 rings (SSSR count). The average Bonchev–Trinajstić information content (AvgIpc) is 2.71. The van der Waals surface area contributed by atoms with Crippen LogP contribution in [0.3, 0.4) is 0 Å². The third kappa shape index (κ3) is 3.17. The van der Waals surface area contributed by atoms with Crippen molar-refractivity contribution in [3.8, 4) is 0 Å². The molecule has 0 aliphatic carbocycles. The van der Waals surface area contributed by atoms with Gasteiger partial charge in [-0.2, -0.15) is 10.2 Å². The molecule has 0 saturated heterocycles. The normalized spacial score (nSPS) is 12.7. The molecular weight excluding hydrogens is 324 g/mol. The van der Waals surface area contributed by atoms with Gasteiger partial charge in [-0.3, -0.25) is 9.97 Å². The lowest BCUT2D eigenvalue weighted by molar-refractivity contribution is 1.17. The van der Waals surface area contributed by atoms with E-state index >= 15 is 0 Å². The van der Waals surface area contributed by atoms with Crippen molar-refractivity contribution >= 4 is 33.5 Å². The van der Waals surface area contributed by atoms with Gasteiger partial charge in [-0.1, -0.05) is 24.3 Å². The fraction of sp³-hybridized carbons (Fsp3) is 0.100. The number of hydrogen-bond acceptors (Lipinski definition) is 6. The molecule has 0 amide bonds. The number of hydrogen-bond donors (Lipinski definition) is 0. The van der Waals surface area contributed by atoms with Crippen molar-refractivity contribution in [3.63, 3.8) is 0 Å². The van der Waals surface area contributed by atoms with Gasteiger partial charge in [0.05, 0.1) is 45.9 Å². The number of fused-ring (bicyclic) bond motifs is 2. The van der Waals surface area contributed by atoms with Gasteiger partial charge < -0.3 is 0 Å². The summed E-state index contributed by atoms with van der Waals surface area (Å²) in [5.74, 6) is 0. The van der Waals surface area contributed by atoms with E-state index in [1.165, 1.54) is 0 Å². The van der Waals surface area contributed by atoms with Gasteiger partial charge in [0.15, 0.2) is 0 Å². The molecule has 0 saturated carbocycles. The van der Waals surface area contributed by atoms with Crippen LogP contribution in [0.2, 0.25) is 0 Å². The van der Waals surface area contributed by atoms with Crippen molar-refractivity contribution in [2.45, 2.75) is 13.8 Å². The van der Waals surface area contributed by atoms with Gasteiger partial charge in [-0.15, -0.1) is 0 Å². The highest BCUT2D eigenvalue weighted by molar-refractivity contribution is 6.01. The molecule has 6 nitrogen and oxygen atoms in total. The second-order valence-corrected chi connectivity index (χ2v) is 5.86. The third-order valence-electron chi connectivity index (χ3n) is 3.99. The fourth-order valence-corrected chi connectivity index (χ4v) is 2.52. The zero-order valence-electron chi connectivity index (χ0n) is 14.5. The van der Waals surface area contributed by atoms with Crippen LogP contribution >= 0.6 is 0 Å². The van der Waals surface area contributed by atoms with Crippen LogP contribution in [0.5, 0.6) is 0 Å². The minimum absolute atomic E-state index is 0.691. The van der Waals surface area contributed by atoms with Gasteiger partial charge in [-0.05, 0) is 38.1 Å². The molecule has 6 heteroatoms. The molecule has 4 aromatic rings. The Kier molecular flexibility index (Phi) is 4.15. The number of benzene rings is 2. The van der Waals surface area contributed by atoms with Crippen LogP contribution in [-0.2, 0) is 0 Å². The monoisotopic (exact) mass is 340 g/mol. The molecule has 0 radical (unpaired) electrons. The first-order valence-corrected chi connectivity index (χ1v) is 8.24. The standard InChI is InChI=1S/C20H16N6/c1-13(19-11-21-15-7-3-5-9-17(15)23-19)25-26-14(2)20-12-22-16-8-4-6-10-18(16)24-20/h3-12H,1-2H3/b25-13+,26-14+. The molecule has 0 N–H and O–H groups in total. The summed E-state index contributed by atoms with van der Waals surface area (Å²) in [4.78, 5) is 18.0. The van der Waals surface area contributed by atoms with E-state index in [-0.39, 0.29) is 0 Å². The van der Waals surface area contributed by atoms with E-state index in [2.05, 4.69) is 30.1 Å². The zero-order chi connectivity index (χ0) is 17.9. The van der Waals surface area contributed by atoms with Gasteiger partial charge >= 0.3 is 0 Å².